The van der Waals surface area contributed by atoms with Gasteiger partial charge in [-0.15, -0.1) is 0 Å². The molecule has 0 saturated heterocycles. The number of hydrogen-bond donors (Lipinski definition) is 2. The number of phenols is 1. The van der Waals surface area contributed by atoms with Crippen molar-refractivity contribution in [1.82, 2.24) is 0 Å². The van der Waals surface area contributed by atoms with E-state index in [4.69, 9.17) is 14.6 Å². The average molecular weight is 366 g/mol. The van der Waals surface area contributed by atoms with Crippen molar-refractivity contribution in [3.8, 4) is 17.2 Å². The molecule has 2 aromatic carbocycles. The van der Waals surface area contributed by atoms with Crippen LogP contribution in [0.1, 0.15) is 17.3 Å². The van der Waals surface area contributed by atoms with E-state index < -0.39 is 21.6 Å². The zero-order valence-electron chi connectivity index (χ0n) is 13.5. The van der Waals surface area contributed by atoms with Crippen molar-refractivity contribution in [2.24, 2.45) is 0 Å². The molecule has 0 aromatic heterocycles. The normalized spacial score (nSPS) is 11.1. The van der Waals surface area contributed by atoms with Gasteiger partial charge in [-0.25, -0.2) is 13.2 Å². The second kappa shape index (κ2) is 7.89. The number of aromatic carboxylic acids is 1. The lowest BCUT2D eigenvalue weighted by atomic mass is 10.2. The number of ether oxygens (including phenoxy) is 2. The SMILES string of the molecule is CCOc1ccc(S(=O)(=O)CCOc2ccc(C(=O)O)c(O)c2)cc1. The fourth-order valence-electron chi connectivity index (χ4n) is 2.08. The molecule has 2 N–H and O–H groups in total. The van der Waals surface area contributed by atoms with Crippen LogP contribution >= 0.6 is 0 Å². The van der Waals surface area contributed by atoms with E-state index in [0.717, 1.165) is 6.07 Å². The van der Waals surface area contributed by atoms with Crippen molar-refractivity contribution in [3.05, 3.63) is 48.0 Å². The highest BCUT2D eigenvalue weighted by Crippen LogP contribution is 2.24. The maximum absolute atomic E-state index is 12.3. The number of carbonyl (C=O) groups is 1. The standard InChI is InChI=1S/C17H18O7S/c1-2-23-12-3-6-14(7-4-12)25(21,22)10-9-24-13-5-8-15(17(19)20)16(18)11-13/h3-8,11,18H,2,9-10H2,1H3,(H,19,20). The Morgan fingerprint density at radius 1 is 1.04 bits per heavy atom. The number of benzene rings is 2. The van der Waals surface area contributed by atoms with Crippen LogP contribution in [0, 0.1) is 0 Å². The largest absolute Gasteiger partial charge is 0.507 e. The van der Waals surface area contributed by atoms with Crippen molar-refractivity contribution in [2.45, 2.75) is 11.8 Å². The van der Waals surface area contributed by atoms with E-state index in [1.165, 1.54) is 24.3 Å². The molecule has 7 nitrogen and oxygen atoms in total. The summed E-state index contributed by atoms with van der Waals surface area (Å²) >= 11 is 0. The summed E-state index contributed by atoms with van der Waals surface area (Å²) in [4.78, 5) is 11.0. The summed E-state index contributed by atoms with van der Waals surface area (Å²) in [6.07, 6.45) is 0. The van der Waals surface area contributed by atoms with E-state index in [2.05, 4.69) is 0 Å². The topological polar surface area (TPSA) is 110 Å². The molecular weight excluding hydrogens is 348 g/mol. The number of aromatic hydroxyl groups is 1. The highest BCUT2D eigenvalue weighted by Gasteiger charge is 2.15. The molecule has 0 saturated carbocycles. The number of carboxylic acid groups (broad SMARTS) is 1. The molecule has 0 aliphatic heterocycles. The van der Waals surface area contributed by atoms with Gasteiger partial charge in [-0.3, -0.25) is 0 Å². The minimum atomic E-state index is -3.53. The molecule has 0 aliphatic rings. The maximum atomic E-state index is 12.3. The van der Waals surface area contributed by atoms with Crippen LogP contribution in [0.25, 0.3) is 0 Å². The second-order valence-electron chi connectivity index (χ2n) is 5.06. The average Bonchev–Trinajstić information content (AvgIpc) is 2.55. The van der Waals surface area contributed by atoms with Crippen LogP contribution < -0.4 is 9.47 Å². The first-order chi connectivity index (χ1) is 11.8. The Morgan fingerprint density at radius 2 is 1.68 bits per heavy atom. The third-order valence-corrected chi connectivity index (χ3v) is 5.01. The highest BCUT2D eigenvalue weighted by molar-refractivity contribution is 7.91. The lowest BCUT2D eigenvalue weighted by Crippen LogP contribution is -2.14. The molecule has 0 spiro atoms. The Morgan fingerprint density at radius 3 is 2.24 bits per heavy atom. The van der Waals surface area contributed by atoms with Gasteiger partial charge >= 0.3 is 5.97 Å². The van der Waals surface area contributed by atoms with Gasteiger partial charge in [0.1, 0.15) is 29.4 Å². The summed E-state index contributed by atoms with van der Waals surface area (Å²) in [5.41, 5.74) is -0.255. The quantitative estimate of drug-likeness (QED) is 0.738. The van der Waals surface area contributed by atoms with Gasteiger partial charge in [-0.2, -0.15) is 0 Å². The molecule has 0 heterocycles. The minimum absolute atomic E-state index is 0.137. The monoisotopic (exact) mass is 366 g/mol. The van der Waals surface area contributed by atoms with Crippen LogP contribution in [-0.4, -0.2) is 43.6 Å². The van der Waals surface area contributed by atoms with Gasteiger partial charge in [0.2, 0.25) is 0 Å². The van der Waals surface area contributed by atoms with Crippen LogP contribution in [0.3, 0.4) is 0 Å². The van der Waals surface area contributed by atoms with Crippen LogP contribution in [0.4, 0.5) is 0 Å². The van der Waals surface area contributed by atoms with Crippen LogP contribution in [0.5, 0.6) is 17.2 Å². The van der Waals surface area contributed by atoms with Crippen molar-refractivity contribution in [1.29, 1.82) is 0 Å². The molecule has 0 aliphatic carbocycles. The van der Waals surface area contributed by atoms with Gasteiger partial charge < -0.3 is 19.7 Å². The highest BCUT2D eigenvalue weighted by atomic mass is 32.2. The third kappa shape index (κ3) is 4.87. The summed E-state index contributed by atoms with van der Waals surface area (Å²) in [5, 5.41) is 18.4. The number of rotatable bonds is 8. The summed E-state index contributed by atoms with van der Waals surface area (Å²) in [5.74, 6) is -1.19. The minimum Gasteiger partial charge on any atom is -0.507 e. The van der Waals surface area contributed by atoms with E-state index in [9.17, 15) is 18.3 Å². The molecule has 0 bridgehead atoms. The van der Waals surface area contributed by atoms with Crippen molar-refractivity contribution in [2.75, 3.05) is 19.0 Å². The van der Waals surface area contributed by atoms with E-state index in [1.54, 1.807) is 12.1 Å². The zero-order valence-corrected chi connectivity index (χ0v) is 14.3. The van der Waals surface area contributed by atoms with Gasteiger partial charge in [-0.1, -0.05) is 0 Å². The first-order valence-corrected chi connectivity index (χ1v) is 9.13. The summed E-state index contributed by atoms with van der Waals surface area (Å²) in [6, 6.07) is 9.77. The molecule has 25 heavy (non-hydrogen) atoms. The molecular formula is C17H18O7S. The predicted octanol–water partition coefficient (Wildman–Crippen LogP) is 2.34. The van der Waals surface area contributed by atoms with Crippen molar-refractivity contribution in [3.63, 3.8) is 0 Å². The van der Waals surface area contributed by atoms with Gasteiger partial charge in [0.25, 0.3) is 0 Å². The van der Waals surface area contributed by atoms with Crippen molar-refractivity contribution >= 4 is 15.8 Å². The van der Waals surface area contributed by atoms with E-state index in [1.807, 2.05) is 6.92 Å². The molecule has 134 valence electrons. The Balaban J connectivity index is 1.98. The smallest absolute Gasteiger partial charge is 0.339 e. The van der Waals surface area contributed by atoms with E-state index in [0.29, 0.717) is 12.4 Å². The molecule has 0 atom stereocenters. The maximum Gasteiger partial charge on any atom is 0.339 e. The molecule has 2 aromatic rings. The number of hydrogen-bond acceptors (Lipinski definition) is 6. The third-order valence-electron chi connectivity index (χ3n) is 3.31. The molecule has 8 heteroatoms. The van der Waals surface area contributed by atoms with E-state index in [-0.39, 0.29) is 28.6 Å². The lowest BCUT2D eigenvalue weighted by molar-refractivity contribution is 0.0693. The lowest BCUT2D eigenvalue weighted by Gasteiger charge is -2.09. The predicted molar refractivity (Wildman–Crippen MR) is 90.2 cm³/mol. The zero-order chi connectivity index (χ0) is 18.4. The molecule has 0 radical (unpaired) electrons. The Hall–Kier alpha value is -2.74. The van der Waals surface area contributed by atoms with E-state index >= 15 is 0 Å². The van der Waals surface area contributed by atoms with Gasteiger partial charge in [0.15, 0.2) is 9.84 Å². The first-order valence-electron chi connectivity index (χ1n) is 7.48. The Kier molecular flexibility index (Phi) is 5.87. The second-order valence-corrected chi connectivity index (χ2v) is 7.17. The molecule has 0 fully saturated rings. The summed E-state index contributed by atoms with van der Waals surface area (Å²) in [6.45, 7) is 2.19. The van der Waals surface area contributed by atoms with Crippen LogP contribution in [0.2, 0.25) is 0 Å². The summed E-state index contributed by atoms with van der Waals surface area (Å²) < 4.78 is 35.1. The van der Waals surface area contributed by atoms with Gasteiger partial charge in [0.05, 0.1) is 17.3 Å². The molecule has 2 rings (SSSR count). The Bertz CT molecular complexity index is 842. The van der Waals surface area contributed by atoms with Gasteiger partial charge in [0, 0.05) is 6.07 Å². The van der Waals surface area contributed by atoms with Crippen molar-refractivity contribution < 1.29 is 32.9 Å². The number of sulfone groups is 1. The first kappa shape index (κ1) is 18.6. The Labute approximate surface area is 145 Å². The van der Waals surface area contributed by atoms with Crippen LogP contribution in [-0.2, 0) is 9.84 Å². The summed E-state index contributed by atoms with van der Waals surface area (Å²) in [7, 11) is -3.53. The number of carboxylic acids is 1. The van der Waals surface area contributed by atoms with Crippen LogP contribution in [0.15, 0.2) is 47.4 Å². The fourth-order valence-corrected chi connectivity index (χ4v) is 3.17. The van der Waals surface area contributed by atoms with Gasteiger partial charge in [-0.05, 0) is 43.3 Å². The molecule has 0 amide bonds. The molecule has 0 unspecified atom stereocenters. The fraction of sp³-hybridized carbons (Fsp3) is 0.235.